The second-order valence-electron chi connectivity index (χ2n) is 6.87. The maximum absolute atomic E-state index is 11.7. The van der Waals surface area contributed by atoms with Crippen molar-refractivity contribution in [1.82, 2.24) is 19.4 Å². The molecule has 0 aliphatic carbocycles. The van der Waals surface area contributed by atoms with E-state index in [-0.39, 0.29) is 16.7 Å². The summed E-state index contributed by atoms with van der Waals surface area (Å²) >= 11 is 0. The van der Waals surface area contributed by atoms with Gasteiger partial charge in [-0.15, -0.1) is 0 Å². The molecule has 136 valence electrons. The summed E-state index contributed by atoms with van der Waals surface area (Å²) in [4.78, 5) is 26.1. The molecule has 1 saturated heterocycles. The summed E-state index contributed by atoms with van der Waals surface area (Å²) in [6, 6.07) is 13.4. The third kappa shape index (κ3) is 2.61. The lowest BCUT2D eigenvalue weighted by Gasteiger charge is -2.31. The first kappa shape index (κ1) is 15.8. The molecule has 0 amide bonds. The zero-order chi connectivity index (χ0) is 18.4. The van der Waals surface area contributed by atoms with Crippen molar-refractivity contribution in [2.75, 3.05) is 18.0 Å². The highest BCUT2D eigenvalue weighted by molar-refractivity contribution is 5.75. The number of nitrogens with one attached hydrogen (secondary N) is 1. The Balaban J connectivity index is 1.52. The molecule has 0 radical (unpaired) electrons. The molecule has 1 aromatic carbocycles. The number of nitrogens with zero attached hydrogens (tertiary/aromatic N) is 5. The minimum atomic E-state index is -0.347. The molecule has 0 spiro atoms. The van der Waals surface area contributed by atoms with Crippen molar-refractivity contribution in [1.29, 1.82) is 0 Å². The van der Waals surface area contributed by atoms with Gasteiger partial charge < -0.3 is 20.0 Å². The van der Waals surface area contributed by atoms with Crippen molar-refractivity contribution in [3.05, 3.63) is 64.6 Å². The first-order valence-corrected chi connectivity index (χ1v) is 9.02. The van der Waals surface area contributed by atoms with Crippen molar-refractivity contribution < 1.29 is 4.92 Å². The standard InChI is InChI=1S/C19H18N6O2/c26-25(27)19-18(22-16-9-3-4-11-24(16)19)23-10-5-6-13(12-23)17-20-14-7-1-2-8-15(14)21-17/h1-4,7-9,11,13H,5-6,10,12H2,(H,20,21). The van der Waals surface area contributed by atoms with Gasteiger partial charge in [0.2, 0.25) is 11.5 Å². The van der Waals surface area contributed by atoms with E-state index in [4.69, 9.17) is 4.98 Å². The summed E-state index contributed by atoms with van der Waals surface area (Å²) in [5.41, 5.74) is 2.55. The average Bonchev–Trinajstić information content (AvgIpc) is 3.29. The number of hydrogen-bond donors (Lipinski definition) is 1. The van der Waals surface area contributed by atoms with Crippen LogP contribution in [0.2, 0.25) is 0 Å². The quantitative estimate of drug-likeness (QED) is 0.445. The summed E-state index contributed by atoms with van der Waals surface area (Å²) < 4.78 is 1.54. The van der Waals surface area contributed by atoms with Gasteiger partial charge in [-0.3, -0.25) is 0 Å². The number of H-pyrrole nitrogens is 1. The summed E-state index contributed by atoms with van der Waals surface area (Å²) in [5, 5.41) is 11.7. The number of benzene rings is 1. The molecule has 1 aliphatic rings. The molecule has 5 rings (SSSR count). The Hall–Kier alpha value is -3.42. The molecule has 1 fully saturated rings. The van der Waals surface area contributed by atoms with Crippen molar-refractivity contribution in [3.63, 3.8) is 0 Å². The monoisotopic (exact) mass is 362 g/mol. The number of para-hydroxylation sites is 2. The molecule has 1 aliphatic heterocycles. The fourth-order valence-corrected chi connectivity index (χ4v) is 3.91. The van der Waals surface area contributed by atoms with E-state index in [0.717, 1.165) is 36.2 Å². The first-order chi connectivity index (χ1) is 13.2. The van der Waals surface area contributed by atoms with Gasteiger partial charge in [0.15, 0.2) is 0 Å². The number of pyridine rings is 1. The number of hydrogen-bond acceptors (Lipinski definition) is 5. The molecule has 0 bridgehead atoms. The molecular formula is C19H18N6O2. The number of aromatic nitrogens is 4. The Morgan fingerprint density at radius 2 is 2.00 bits per heavy atom. The lowest BCUT2D eigenvalue weighted by atomic mass is 9.97. The van der Waals surface area contributed by atoms with E-state index in [0.29, 0.717) is 18.0 Å². The number of anilines is 1. The molecular weight excluding hydrogens is 344 g/mol. The number of nitro groups is 1. The summed E-state index contributed by atoms with van der Waals surface area (Å²) in [6.45, 7) is 1.41. The highest BCUT2D eigenvalue weighted by atomic mass is 16.6. The number of fused-ring (bicyclic) bond motifs is 2. The Morgan fingerprint density at radius 3 is 2.85 bits per heavy atom. The van der Waals surface area contributed by atoms with Crippen LogP contribution < -0.4 is 4.90 Å². The molecule has 4 aromatic rings. The number of aromatic amines is 1. The van der Waals surface area contributed by atoms with Gasteiger partial charge in [0, 0.05) is 25.1 Å². The smallest absolute Gasteiger partial charge is 0.358 e. The minimum absolute atomic E-state index is 0.0239. The predicted octanol–water partition coefficient (Wildman–Crippen LogP) is 3.50. The minimum Gasteiger partial charge on any atom is -0.358 e. The van der Waals surface area contributed by atoms with Crippen molar-refractivity contribution in [2.45, 2.75) is 18.8 Å². The molecule has 1 atom stereocenters. The lowest BCUT2D eigenvalue weighted by molar-refractivity contribution is -0.389. The summed E-state index contributed by atoms with van der Waals surface area (Å²) in [6.07, 6.45) is 3.62. The van der Waals surface area contributed by atoms with Gasteiger partial charge in [-0.05, 0) is 36.0 Å². The van der Waals surface area contributed by atoms with Gasteiger partial charge in [0.05, 0.1) is 17.2 Å². The third-order valence-corrected chi connectivity index (χ3v) is 5.18. The van der Waals surface area contributed by atoms with E-state index in [2.05, 4.69) is 9.97 Å². The van der Waals surface area contributed by atoms with Crippen molar-refractivity contribution in [3.8, 4) is 0 Å². The maximum Gasteiger partial charge on any atom is 0.372 e. The van der Waals surface area contributed by atoms with E-state index >= 15 is 0 Å². The van der Waals surface area contributed by atoms with Gasteiger partial charge in [-0.25, -0.2) is 4.98 Å². The van der Waals surface area contributed by atoms with Gasteiger partial charge in [0.1, 0.15) is 5.82 Å². The molecule has 1 unspecified atom stereocenters. The highest BCUT2D eigenvalue weighted by Crippen LogP contribution is 2.34. The average molecular weight is 362 g/mol. The van der Waals surface area contributed by atoms with Gasteiger partial charge in [-0.1, -0.05) is 18.2 Å². The van der Waals surface area contributed by atoms with Crippen LogP contribution in [0, 0.1) is 10.1 Å². The van der Waals surface area contributed by atoms with E-state index in [1.54, 1.807) is 22.7 Å². The number of piperidine rings is 1. The van der Waals surface area contributed by atoms with E-state index in [9.17, 15) is 10.1 Å². The van der Waals surface area contributed by atoms with Crippen LogP contribution in [0.15, 0.2) is 48.7 Å². The zero-order valence-corrected chi connectivity index (χ0v) is 14.6. The second-order valence-corrected chi connectivity index (χ2v) is 6.87. The predicted molar refractivity (Wildman–Crippen MR) is 102 cm³/mol. The Morgan fingerprint density at radius 1 is 1.15 bits per heavy atom. The molecule has 0 saturated carbocycles. The number of imidazole rings is 2. The van der Waals surface area contributed by atoms with Crippen LogP contribution in [-0.2, 0) is 0 Å². The normalized spacial score (nSPS) is 17.6. The Bertz CT molecular complexity index is 1110. The highest BCUT2D eigenvalue weighted by Gasteiger charge is 2.31. The Labute approximate surface area is 154 Å². The van der Waals surface area contributed by atoms with Crippen LogP contribution >= 0.6 is 0 Å². The van der Waals surface area contributed by atoms with Crippen molar-refractivity contribution >= 4 is 28.3 Å². The fraction of sp³-hybridized carbons (Fsp3) is 0.263. The SMILES string of the molecule is O=[N+]([O-])c1c(N2CCCC(c3nc4ccccc4[nH]3)C2)nc2ccccn12. The first-order valence-electron chi connectivity index (χ1n) is 9.02. The third-order valence-electron chi connectivity index (χ3n) is 5.18. The lowest BCUT2D eigenvalue weighted by Crippen LogP contribution is -2.35. The molecule has 4 heterocycles. The van der Waals surface area contributed by atoms with Crippen LogP contribution in [0.4, 0.5) is 11.6 Å². The Kier molecular flexibility index (Phi) is 3.56. The fourth-order valence-electron chi connectivity index (χ4n) is 3.91. The van der Waals surface area contributed by atoms with Gasteiger partial charge in [-0.2, -0.15) is 9.38 Å². The number of rotatable bonds is 3. The van der Waals surface area contributed by atoms with E-state index < -0.39 is 0 Å². The van der Waals surface area contributed by atoms with Crippen LogP contribution in [0.5, 0.6) is 0 Å². The largest absolute Gasteiger partial charge is 0.372 e. The van der Waals surface area contributed by atoms with Crippen LogP contribution in [-0.4, -0.2) is 37.4 Å². The zero-order valence-electron chi connectivity index (χ0n) is 14.6. The van der Waals surface area contributed by atoms with Crippen LogP contribution in [0.1, 0.15) is 24.6 Å². The van der Waals surface area contributed by atoms with Crippen LogP contribution in [0.25, 0.3) is 16.7 Å². The van der Waals surface area contributed by atoms with Crippen LogP contribution in [0.3, 0.4) is 0 Å². The van der Waals surface area contributed by atoms with E-state index in [1.807, 2.05) is 35.2 Å². The second kappa shape index (κ2) is 6.08. The molecule has 3 aromatic heterocycles. The summed E-state index contributed by atoms with van der Waals surface area (Å²) in [7, 11) is 0. The van der Waals surface area contributed by atoms with E-state index in [1.165, 1.54) is 0 Å². The maximum atomic E-state index is 11.7. The molecule has 1 N–H and O–H groups in total. The summed E-state index contributed by atoms with van der Waals surface area (Å²) in [5.74, 6) is 1.59. The molecule has 27 heavy (non-hydrogen) atoms. The molecule has 8 nitrogen and oxygen atoms in total. The van der Waals surface area contributed by atoms with Gasteiger partial charge >= 0.3 is 5.82 Å². The van der Waals surface area contributed by atoms with Crippen molar-refractivity contribution in [2.24, 2.45) is 0 Å². The molecule has 8 heteroatoms. The van der Waals surface area contributed by atoms with Gasteiger partial charge in [0.25, 0.3) is 0 Å². The topological polar surface area (TPSA) is 92.4 Å².